The highest BCUT2D eigenvalue weighted by Gasteiger charge is 2.09. The molecule has 88 valence electrons. The normalized spacial score (nSPS) is 12.4. The Morgan fingerprint density at radius 1 is 1.62 bits per heavy atom. The molecule has 1 rings (SSSR count). The van der Waals surface area contributed by atoms with Gasteiger partial charge in [-0.25, -0.2) is 0 Å². The molecule has 1 unspecified atom stereocenters. The van der Waals surface area contributed by atoms with Crippen LogP contribution in [0, 0.1) is 10.1 Å². The fourth-order valence-corrected chi connectivity index (χ4v) is 1.41. The summed E-state index contributed by atoms with van der Waals surface area (Å²) in [5, 5.41) is 23.0. The molecule has 0 spiro atoms. The lowest BCUT2D eigenvalue weighted by molar-refractivity contribution is -0.384. The van der Waals surface area contributed by atoms with E-state index in [1.807, 2.05) is 0 Å². The summed E-state index contributed by atoms with van der Waals surface area (Å²) in [6.45, 7) is 2.46. The van der Waals surface area contributed by atoms with E-state index in [4.69, 9.17) is 16.7 Å². The second-order valence-corrected chi connectivity index (χ2v) is 3.92. The fraction of sp³-hybridized carbons (Fsp3) is 0.400. The third kappa shape index (κ3) is 3.77. The van der Waals surface area contributed by atoms with Crippen LogP contribution in [-0.2, 0) is 6.54 Å². The largest absolute Gasteiger partial charge is 0.392 e. The van der Waals surface area contributed by atoms with Crippen LogP contribution in [-0.4, -0.2) is 22.7 Å². The molecule has 0 fully saturated rings. The van der Waals surface area contributed by atoms with Crippen molar-refractivity contribution in [3.8, 4) is 0 Å². The summed E-state index contributed by atoms with van der Waals surface area (Å²) >= 11 is 5.89. The van der Waals surface area contributed by atoms with Crippen molar-refractivity contribution < 1.29 is 10.0 Å². The van der Waals surface area contributed by atoms with Gasteiger partial charge < -0.3 is 10.4 Å². The topological polar surface area (TPSA) is 75.4 Å². The Kier molecular flexibility index (Phi) is 4.67. The molecular formula is C10H13ClN2O3. The quantitative estimate of drug-likeness (QED) is 0.611. The molecular weight excluding hydrogens is 232 g/mol. The molecule has 0 amide bonds. The number of hydrogen-bond acceptors (Lipinski definition) is 4. The van der Waals surface area contributed by atoms with Gasteiger partial charge >= 0.3 is 0 Å². The van der Waals surface area contributed by atoms with Gasteiger partial charge in [-0.05, 0) is 18.6 Å². The van der Waals surface area contributed by atoms with Crippen molar-refractivity contribution in [2.45, 2.75) is 19.6 Å². The predicted octanol–water partition coefficient (Wildman–Crippen LogP) is 1.72. The van der Waals surface area contributed by atoms with E-state index >= 15 is 0 Å². The highest BCUT2D eigenvalue weighted by molar-refractivity contribution is 6.31. The third-order valence-electron chi connectivity index (χ3n) is 2.00. The van der Waals surface area contributed by atoms with Gasteiger partial charge in [-0.1, -0.05) is 11.6 Å². The first-order chi connectivity index (χ1) is 7.50. The summed E-state index contributed by atoms with van der Waals surface area (Å²) < 4.78 is 0. The van der Waals surface area contributed by atoms with E-state index in [1.165, 1.54) is 18.2 Å². The van der Waals surface area contributed by atoms with E-state index in [0.717, 1.165) is 0 Å². The molecule has 0 saturated heterocycles. The van der Waals surface area contributed by atoms with E-state index in [0.29, 0.717) is 23.7 Å². The Morgan fingerprint density at radius 3 is 2.88 bits per heavy atom. The highest BCUT2D eigenvalue weighted by atomic mass is 35.5. The summed E-state index contributed by atoms with van der Waals surface area (Å²) in [5.41, 5.74) is 0.662. The smallest absolute Gasteiger partial charge is 0.269 e. The molecule has 0 aliphatic carbocycles. The van der Waals surface area contributed by atoms with Crippen LogP contribution in [0.3, 0.4) is 0 Å². The molecule has 0 radical (unpaired) electrons. The van der Waals surface area contributed by atoms with E-state index in [-0.39, 0.29) is 5.69 Å². The average molecular weight is 245 g/mol. The van der Waals surface area contributed by atoms with Gasteiger partial charge in [-0.3, -0.25) is 10.1 Å². The lowest BCUT2D eigenvalue weighted by Gasteiger charge is -2.08. The first kappa shape index (κ1) is 12.9. The van der Waals surface area contributed by atoms with Crippen molar-refractivity contribution >= 4 is 17.3 Å². The maximum atomic E-state index is 10.5. The van der Waals surface area contributed by atoms with Crippen molar-refractivity contribution in [2.24, 2.45) is 0 Å². The Hall–Kier alpha value is -1.17. The molecule has 0 aliphatic heterocycles. The van der Waals surface area contributed by atoms with Crippen LogP contribution >= 0.6 is 11.6 Å². The summed E-state index contributed by atoms with van der Waals surface area (Å²) in [6.07, 6.45) is -0.461. The molecule has 0 bridgehead atoms. The number of hydrogen-bond donors (Lipinski definition) is 2. The van der Waals surface area contributed by atoms with Gasteiger partial charge in [0.25, 0.3) is 5.69 Å². The van der Waals surface area contributed by atoms with Crippen molar-refractivity contribution in [1.29, 1.82) is 0 Å². The SMILES string of the molecule is CC(O)CNCc1cc([N+](=O)[O-])ccc1Cl. The minimum atomic E-state index is -0.464. The predicted molar refractivity (Wildman–Crippen MR) is 61.5 cm³/mol. The molecule has 1 aromatic carbocycles. The van der Waals surface area contributed by atoms with Crippen molar-refractivity contribution in [2.75, 3.05) is 6.54 Å². The first-order valence-electron chi connectivity index (χ1n) is 4.82. The van der Waals surface area contributed by atoms with Crippen molar-refractivity contribution in [1.82, 2.24) is 5.32 Å². The first-order valence-corrected chi connectivity index (χ1v) is 5.20. The molecule has 0 aromatic heterocycles. The number of benzene rings is 1. The summed E-state index contributed by atoms with van der Waals surface area (Å²) in [4.78, 5) is 10.1. The van der Waals surface area contributed by atoms with Gasteiger partial charge in [0.05, 0.1) is 11.0 Å². The van der Waals surface area contributed by atoms with Crippen LogP contribution in [0.1, 0.15) is 12.5 Å². The van der Waals surface area contributed by atoms with Crippen LogP contribution in [0.25, 0.3) is 0 Å². The number of aliphatic hydroxyl groups is 1. The van der Waals surface area contributed by atoms with Gasteiger partial charge in [0, 0.05) is 30.2 Å². The van der Waals surface area contributed by atoms with Crippen LogP contribution in [0.2, 0.25) is 5.02 Å². The molecule has 6 heteroatoms. The number of nitrogens with zero attached hydrogens (tertiary/aromatic N) is 1. The number of aliphatic hydroxyl groups excluding tert-OH is 1. The second-order valence-electron chi connectivity index (χ2n) is 3.51. The zero-order chi connectivity index (χ0) is 12.1. The number of nitro groups is 1. The van der Waals surface area contributed by atoms with Gasteiger partial charge in [0.2, 0.25) is 0 Å². The number of halogens is 1. The van der Waals surface area contributed by atoms with E-state index in [2.05, 4.69) is 5.32 Å². The number of nitrogens with one attached hydrogen (secondary N) is 1. The maximum Gasteiger partial charge on any atom is 0.269 e. The van der Waals surface area contributed by atoms with E-state index in [1.54, 1.807) is 6.92 Å². The number of rotatable bonds is 5. The van der Waals surface area contributed by atoms with E-state index < -0.39 is 11.0 Å². The van der Waals surface area contributed by atoms with Gasteiger partial charge in [0.15, 0.2) is 0 Å². The lowest BCUT2D eigenvalue weighted by atomic mass is 10.2. The van der Waals surface area contributed by atoms with Crippen LogP contribution in [0.15, 0.2) is 18.2 Å². The minimum absolute atomic E-state index is 0.0123. The maximum absolute atomic E-state index is 10.5. The molecule has 1 atom stereocenters. The fourth-order valence-electron chi connectivity index (χ4n) is 1.23. The molecule has 5 nitrogen and oxygen atoms in total. The average Bonchev–Trinajstić information content (AvgIpc) is 2.20. The van der Waals surface area contributed by atoms with Crippen molar-refractivity contribution in [3.63, 3.8) is 0 Å². The van der Waals surface area contributed by atoms with Gasteiger partial charge in [-0.2, -0.15) is 0 Å². The highest BCUT2D eigenvalue weighted by Crippen LogP contribution is 2.21. The Morgan fingerprint density at radius 2 is 2.31 bits per heavy atom. The standard InChI is InChI=1S/C10H13ClN2O3/c1-7(14)5-12-6-8-4-9(13(15)16)2-3-10(8)11/h2-4,7,12,14H,5-6H2,1H3. The van der Waals surface area contributed by atoms with Crippen LogP contribution in [0.4, 0.5) is 5.69 Å². The van der Waals surface area contributed by atoms with Crippen LogP contribution < -0.4 is 5.32 Å². The zero-order valence-electron chi connectivity index (χ0n) is 8.81. The Balaban J connectivity index is 2.70. The lowest BCUT2D eigenvalue weighted by Crippen LogP contribution is -2.24. The number of non-ortho nitro benzene ring substituents is 1. The van der Waals surface area contributed by atoms with E-state index in [9.17, 15) is 10.1 Å². The number of nitro benzene ring substituents is 1. The summed E-state index contributed by atoms with van der Waals surface area (Å²) in [6, 6.07) is 4.29. The van der Waals surface area contributed by atoms with Gasteiger partial charge in [0.1, 0.15) is 0 Å². The molecule has 16 heavy (non-hydrogen) atoms. The zero-order valence-corrected chi connectivity index (χ0v) is 9.57. The molecule has 0 heterocycles. The molecule has 0 aliphatic rings. The molecule has 1 aromatic rings. The monoisotopic (exact) mass is 244 g/mol. The second kappa shape index (κ2) is 5.79. The van der Waals surface area contributed by atoms with Crippen LogP contribution in [0.5, 0.6) is 0 Å². The van der Waals surface area contributed by atoms with Gasteiger partial charge in [-0.15, -0.1) is 0 Å². The molecule has 2 N–H and O–H groups in total. The summed E-state index contributed by atoms with van der Waals surface area (Å²) in [7, 11) is 0. The third-order valence-corrected chi connectivity index (χ3v) is 2.36. The Bertz CT molecular complexity index is 382. The molecule has 0 saturated carbocycles. The summed E-state index contributed by atoms with van der Waals surface area (Å²) in [5.74, 6) is 0. The van der Waals surface area contributed by atoms with Crippen molar-refractivity contribution in [3.05, 3.63) is 38.9 Å². The Labute approximate surface area is 98.2 Å². The minimum Gasteiger partial charge on any atom is -0.392 e.